The van der Waals surface area contributed by atoms with Gasteiger partial charge in [-0.15, -0.1) is 10.1 Å². The molecule has 2 atom stereocenters. The molecule has 2 amide bonds. The van der Waals surface area contributed by atoms with Crippen LogP contribution in [0.25, 0.3) is 0 Å². The fourth-order valence-electron chi connectivity index (χ4n) is 3.50. The molecule has 1 aliphatic heterocycles. The molecule has 30 heavy (non-hydrogen) atoms. The first-order valence-corrected chi connectivity index (χ1v) is 9.64. The molecule has 0 bridgehead atoms. The van der Waals surface area contributed by atoms with Crippen LogP contribution in [0.4, 0.5) is 0 Å². The molecule has 1 fully saturated rings. The number of hydrazine groups is 1. The maximum atomic E-state index is 12.8. The molecule has 6 nitrogen and oxygen atoms in total. The third kappa shape index (κ3) is 4.07. The maximum Gasteiger partial charge on any atom is 0.304 e. The van der Waals surface area contributed by atoms with Crippen LogP contribution in [0.5, 0.6) is 5.75 Å². The zero-order valence-corrected chi connectivity index (χ0v) is 16.5. The Hall–Kier alpha value is -3.93. The second kappa shape index (κ2) is 8.61. The first-order valence-electron chi connectivity index (χ1n) is 9.64. The van der Waals surface area contributed by atoms with Gasteiger partial charge in [-0.2, -0.15) is 0 Å². The summed E-state index contributed by atoms with van der Waals surface area (Å²) in [6, 6.07) is 24.9. The third-order valence-corrected chi connectivity index (χ3v) is 5.00. The van der Waals surface area contributed by atoms with Gasteiger partial charge >= 0.3 is 5.91 Å². The van der Waals surface area contributed by atoms with Crippen molar-refractivity contribution in [1.82, 2.24) is 10.7 Å². The summed E-state index contributed by atoms with van der Waals surface area (Å²) in [6.45, 7) is 0. The molecule has 3 aromatic rings. The smallest absolute Gasteiger partial charge is 0.304 e. The number of nitrogens with zero attached hydrogens (tertiary/aromatic N) is 1. The Kier molecular flexibility index (Phi) is 5.57. The average molecular weight is 400 g/mol. The van der Waals surface area contributed by atoms with Crippen LogP contribution < -0.4 is 15.5 Å². The third-order valence-electron chi connectivity index (χ3n) is 5.00. The minimum Gasteiger partial charge on any atom is -0.497 e. The molecule has 1 aliphatic rings. The van der Waals surface area contributed by atoms with Gasteiger partial charge in [0.1, 0.15) is 5.75 Å². The Balaban J connectivity index is 1.70. The molecule has 0 spiro atoms. The minimum atomic E-state index is -0.758. The highest BCUT2D eigenvalue weighted by Crippen LogP contribution is 2.27. The Morgan fingerprint density at radius 1 is 0.967 bits per heavy atom. The Labute approximate surface area is 174 Å². The quantitative estimate of drug-likeness (QED) is 0.647. The van der Waals surface area contributed by atoms with Gasteiger partial charge in [0.05, 0.1) is 7.11 Å². The number of ether oxygens (including phenoxy) is 1. The number of hydrogen-bond donors (Lipinski definition) is 2. The van der Waals surface area contributed by atoms with Crippen molar-refractivity contribution in [3.63, 3.8) is 0 Å². The lowest BCUT2D eigenvalue weighted by molar-refractivity contribution is -0.596. The van der Waals surface area contributed by atoms with Gasteiger partial charge in [-0.3, -0.25) is 9.59 Å². The lowest BCUT2D eigenvalue weighted by Gasteiger charge is -2.15. The van der Waals surface area contributed by atoms with Gasteiger partial charge in [-0.05, 0) is 48.5 Å². The average Bonchev–Trinajstić information content (AvgIpc) is 3.09. The fraction of sp³-hybridized carbons (Fsp3) is 0.125. The normalized spacial score (nSPS) is 19.4. The van der Waals surface area contributed by atoms with E-state index in [1.165, 1.54) is 0 Å². The number of rotatable bonds is 5. The molecule has 6 heteroatoms. The number of hydrazone groups is 1. The van der Waals surface area contributed by atoms with Crippen molar-refractivity contribution < 1.29 is 19.0 Å². The molecule has 1 heterocycles. The summed E-state index contributed by atoms with van der Waals surface area (Å²) in [6.07, 6.45) is 1.86. The van der Waals surface area contributed by atoms with E-state index in [1.807, 2.05) is 66.9 Å². The van der Waals surface area contributed by atoms with E-state index in [9.17, 15) is 9.59 Å². The van der Waals surface area contributed by atoms with Gasteiger partial charge in [0.25, 0.3) is 5.91 Å². The van der Waals surface area contributed by atoms with Crippen molar-refractivity contribution in [3.8, 4) is 5.75 Å². The lowest BCUT2D eigenvalue weighted by Crippen LogP contribution is -2.42. The summed E-state index contributed by atoms with van der Waals surface area (Å²) in [5.41, 5.74) is 5.19. The second-order valence-corrected chi connectivity index (χ2v) is 6.96. The van der Waals surface area contributed by atoms with E-state index in [0.717, 1.165) is 16.9 Å². The zero-order valence-electron chi connectivity index (χ0n) is 16.5. The Morgan fingerprint density at radius 3 is 2.23 bits per heavy atom. The van der Waals surface area contributed by atoms with Crippen molar-refractivity contribution in [3.05, 3.63) is 102 Å². The molecule has 0 unspecified atom stereocenters. The van der Waals surface area contributed by atoms with Crippen LogP contribution >= 0.6 is 0 Å². The molecule has 1 saturated heterocycles. The van der Waals surface area contributed by atoms with Gasteiger partial charge in [0.2, 0.25) is 12.3 Å². The lowest BCUT2D eigenvalue weighted by atomic mass is 9.99. The molecular formula is C24H22N3O3+. The van der Waals surface area contributed by atoms with E-state index in [4.69, 9.17) is 4.74 Å². The monoisotopic (exact) mass is 400 g/mol. The van der Waals surface area contributed by atoms with Crippen molar-refractivity contribution in [2.24, 2.45) is 0 Å². The van der Waals surface area contributed by atoms with E-state index < -0.39 is 12.1 Å². The van der Waals surface area contributed by atoms with E-state index in [2.05, 4.69) is 10.7 Å². The Morgan fingerprint density at radius 2 is 1.60 bits per heavy atom. The number of carbonyl (C=O) groups is 2. The van der Waals surface area contributed by atoms with E-state index >= 15 is 0 Å². The summed E-state index contributed by atoms with van der Waals surface area (Å²) in [5.74, 6) is 0.155. The van der Waals surface area contributed by atoms with Crippen molar-refractivity contribution in [2.45, 2.75) is 12.1 Å². The highest BCUT2D eigenvalue weighted by molar-refractivity contribution is 5.98. The first-order chi connectivity index (χ1) is 14.7. The van der Waals surface area contributed by atoms with E-state index in [1.54, 1.807) is 36.1 Å². The molecule has 3 aromatic carbocycles. The van der Waals surface area contributed by atoms with Crippen LogP contribution in [0.15, 0.2) is 84.9 Å². The van der Waals surface area contributed by atoms with Crippen LogP contribution in [0.2, 0.25) is 0 Å². The fourth-order valence-corrected chi connectivity index (χ4v) is 3.50. The van der Waals surface area contributed by atoms with Gasteiger partial charge < -0.3 is 10.1 Å². The van der Waals surface area contributed by atoms with Crippen LogP contribution in [-0.4, -0.2) is 35.9 Å². The predicted molar refractivity (Wildman–Crippen MR) is 113 cm³/mol. The van der Waals surface area contributed by atoms with Crippen LogP contribution in [0.1, 0.15) is 27.5 Å². The Bertz CT molecular complexity index is 1060. The van der Waals surface area contributed by atoms with Crippen LogP contribution in [0.3, 0.4) is 0 Å². The maximum absolute atomic E-state index is 12.8. The van der Waals surface area contributed by atoms with Crippen molar-refractivity contribution in [2.75, 3.05) is 7.11 Å². The van der Waals surface area contributed by atoms with Crippen LogP contribution in [0, 0.1) is 0 Å². The summed E-state index contributed by atoms with van der Waals surface area (Å²) < 4.78 is 7.00. The highest BCUT2D eigenvalue weighted by atomic mass is 16.5. The molecule has 4 rings (SSSR count). The number of amides is 2. The first kappa shape index (κ1) is 19.4. The molecule has 150 valence electrons. The van der Waals surface area contributed by atoms with Gasteiger partial charge in [-0.25, -0.2) is 0 Å². The molecule has 0 saturated carbocycles. The van der Waals surface area contributed by atoms with E-state index in [-0.39, 0.29) is 11.8 Å². The van der Waals surface area contributed by atoms with Gasteiger partial charge in [0.15, 0.2) is 6.04 Å². The largest absolute Gasteiger partial charge is 0.497 e. The zero-order chi connectivity index (χ0) is 20.9. The molecule has 0 radical (unpaired) electrons. The molecule has 0 aliphatic carbocycles. The molecule has 0 aromatic heterocycles. The van der Waals surface area contributed by atoms with E-state index in [0.29, 0.717) is 5.56 Å². The van der Waals surface area contributed by atoms with Crippen molar-refractivity contribution in [1.29, 1.82) is 0 Å². The van der Waals surface area contributed by atoms with Crippen molar-refractivity contribution >= 4 is 18.0 Å². The minimum absolute atomic E-state index is 0.271. The van der Waals surface area contributed by atoms with Gasteiger partial charge in [0, 0.05) is 16.7 Å². The predicted octanol–water partition coefficient (Wildman–Crippen LogP) is 2.71. The number of nitrogens with one attached hydrogen (secondary N) is 2. The molecule has 2 N–H and O–H groups in total. The second-order valence-electron chi connectivity index (χ2n) is 6.96. The number of carbonyl (C=O) groups excluding carboxylic acids is 2. The standard InChI is InChI=1S/C24H21N3O3/c1-30-20-14-12-18(13-15-20)22-21(25-23(28)19-10-6-3-7-11-19)24(29)26-27(22)16-17-8-4-2-5-9-17/h2-16,21-22H,1H3,(H-,25,26,28,29)/p+1/b27-16-/t21-,22-/m1/s1. The topological polar surface area (TPSA) is 70.4 Å². The van der Waals surface area contributed by atoms with Gasteiger partial charge in [-0.1, -0.05) is 36.4 Å². The summed E-state index contributed by atoms with van der Waals surface area (Å²) in [5, 5.41) is 2.89. The number of benzene rings is 3. The highest BCUT2D eigenvalue weighted by Gasteiger charge is 2.47. The summed E-state index contributed by atoms with van der Waals surface area (Å²) in [4.78, 5) is 25.6. The van der Waals surface area contributed by atoms with Crippen LogP contribution in [-0.2, 0) is 4.79 Å². The summed E-state index contributed by atoms with van der Waals surface area (Å²) >= 11 is 0. The SMILES string of the molecule is COc1ccc([C@@H]2[C@@H](NC(=O)c3ccccc3)C(=O)N/[N+]2=C\c2ccccc2)cc1. The summed E-state index contributed by atoms with van der Waals surface area (Å²) in [7, 11) is 1.61. The molecular weight excluding hydrogens is 378 g/mol. The number of methoxy groups -OCH3 is 1. The number of hydrogen-bond acceptors (Lipinski definition) is 3.